The highest BCUT2D eigenvalue weighted by atomic mass is 32.2. The third kappa shape index (κ3) is 14.1. The van der Waals surface area contributed by atoms with Crippen molar-refractivity contribution in [3.63, 3.8) is 0 Å². The van der Waals surface area contributed by atoms with Crippen molar-refractivity contribution in [2.24, 2.45) is 0 Å². The molecule has 0 aromatic rings. The molecule has 0 aliphatic carbocycles. The first-order chi connectivity index (χ1) is 8.81. The van der Waals surface area contributed by atoms with Crippen molar-refractivity contribution >= 4 is 11.8 Å². The molecular weight excluding hydrogens is 240 g/mol. The van der Waals surface area contributed by atoms with Crippen LogP contribution in [0.5, 0.6) is 0 Å². The first kappa shape index (κ1) is 18.0. The largest absolute Gasteiger partial charge is 0.388 e. The molecule has 1 atom stereocenters. The van der Waals surface area contributed by atoms with Crippen LogP contribution in [-0.2, 0) is 0 Å². The fraction of sp³-hybridized carbons (Fsp3) is 0.875. The van der Waals surface area contributed by atoms with Crippen molar-refractivity contribution in [2.45, 2.75) is 77.2 Å². The molecule has 2 heteroatoms. The van der Waals surface area contributed by atoms with Crippen molar-refractivity contribution in [3.8, 4) is 0 Å². The fourth-order valence-electron chi connectivity index (χ4n) is 1.96. The van der Waals surface area contributed by atoms with Crippen molar-refractivity contribution < 1.29 is 5.11 Å². The van der Waals surface area contributed by atoms with E-state index in [-0.39, 0.29) is 6.10 Å². The molecule has 18 heavy (non-hydrogen) atoms. The van der Waals surface area contributed by atoms with Gasteiger partial charge in [-0.1, -0.05) is 70.8 Å². The van der Waals surface area contributed by atoms with Gasteiger partial charge >= 0.3 is 0 Å². The van der Waals surface area contributed by atoms with E-state index in [1.54, 1.807) is 6.08 Å². The highest BCUT2D eigenvalue weighted by Gasteiger charge is 1.97. The fourth-order valence-corrected chi connectivity index (χ4v) is 2.92. The SMILES string of the molecule is C=CC(O)CSCCCCCCCCCCCC. The third-order valence-electron chi connectivity index (χ3n) is 3.20. The maximum Gasteiger partial charge on any atom is 0.0808 e. The minimum Gasteiger partial charge on any atom is -0.388 e. The van der Waals surface area contributed by atoms with Crippen molar-refractivity contribution in [2.75, 3.05) is 11.5 Å². The lowest BCUT2D eigenvalue weighted by Crippen LogP contribution is -2.05. The zero-order valence-electron chi connectivity index (χ0n) is 12.2. The molecule has 0 aromatic carbocycles. The van der Waals surface area contributed by atoms with Crippen LogP contribution in [0.3, 0.4) is 0 Å². The summed E-state index contributed by atoms with van der Waals surface area (Å²) < 4.78 is 0. The first-order valence-electron chi connectivity index (χ1n) is 7.69. The second-order valence-corrected chi connectivity index (χ2v) is 6.21. The Kier molecular flexibility index (Phi) is 15.2. The topological polar surface area (TPSA) is 20.2 Å². The molecule has 0 heterocycles. The van der Waals surface area contributed by atoms with E-state index in [0.29, 0.717) is 0 Å². The van der Waals surface area contributed by atoms with Crippen LogP contribution in [0.1, 0.15) is 71.1 Å². The molecule has 0 aromatic heterocycles. The lowest BCUT2D eigenvalue weighted by Gasteiger charge is -2.05. The standard InChI is InChI=1S/C16H32OS/c1-3-5-6-7-8-9-10-11-12-13-14-18-15-16(17)4-2/h4,16-17H,2-3,5-15H2,1H3. The van der Waals surface area contributed by atoms with Gasteiger partial charge in [0.05, 0.1) is 6.10 Å². The molecule has 0 saturated carbocycles. The molecule has 0 amide bonds. The third-order valence-corrected chi connectivity index (χ3v) is 4.36. The molecule has 0 radical (unpaired) electrons. The molecule has 0 bridgehead atoms. The van der Waals surface area contributed by atoms with E-state index in [2.05, 4.69) is 13.5 Å². The number of hydrogen-bond donors (Lipinski definition) is 1. The van der Waals surface area contributed by atoms with Gasteiger partial charge < -0.3 is 5.11 Å². The predicted molar refractivity (Wildman–Crippen MR) is 85.4 cm³/mol. The van der Waals surface area contributed by atoms with E-state index in [0.717, 1.165) is 5.75 Å². The number of thioether (sulfide) groups is 1. The number of rotatable bonds is 14. The molecule has 0 saturated heterocycles. The minimum absolute atomic E-state index is 0.321. The summed E-state index contributed by atoms with van der Waals surface area (Å²) in [5.74, 6) is 1.99. The molecule has 0 aliphatic rings. The lowest BCUT2D eigenvalue weighted by atomic mass is 10.1. The van der Waals surface area contributed by atoms with Crippen LogP contribution in [0.25, 0.3) is 0 Å². The van der Waals surface area contributed by atoms with Crippen LogP contribution in [0, 0.1) is 0 Å². The zero-order valence-corrected chi connectivity index (χ0v) is 13.0. The summed E-state index contributed by atoms with van der Waals surface area (Å²) in [5.41, 5.74) is 0. The number of unbranched alkanes of at least 4 members (excludes halogenated alkanes) is 9. The van der Waals surface area contributed by atoms with E-state index >= 15 is 0 Å². The van der Waals surface area contributed by atoms with E-state index in [4.69, 9.17) is 0 Å². The summed E-state index contributed by atoms with van der Waals surface area (Å²) in [4.78, 5) is 0. The maximum atomic E-state index is 9.28. The average Bonchev–Trinajstić information content (AvgIpc) is 2.39. The maximum absolute atomic E-state index is 9.28. The van der Waals surface area contributed by atoms with Gasteiger partial charge in [0, 0.05) is 5.75 Å². The van der Waals surface area contributed by atoms with Gasteiger partial charge in [-0.05, 0) is 12.2 Å². The van der Waals surface area contributed by atoms with E-state index in [9.17, 15) is 5.11 Å². The average molecular weight is 272 g/mol. The van der Waals surface area contributed by atoms with E-state index in [1.165, 1.54) is 70.0 Å². The van der Waals surface area contributed by atoms with E-state index < -0.39 is 0 Å². The van der Waals surface area contributed by atoms with Gasteiger partial charge in [0.2, 0.25) is 0 Å². The predicted octanol–water partition coefficient (Wildman–Crippen LogP) is 5.19. The Bertz CT molecular complexity index is 170. The van der Waals surface area contributed by atoms with Gasteiger partial charge in [0.15, 0.2) is 0 Å². The Balaban J connectivity index is 2.96. The second-order valence-electron chi connectivity index (χ2n) is 5.06. The first-order valence-corrected chi connectivity index (χ1v) is 8.85. The van der Waals surface area contributed by atoms with Gasteiger partial charge in [-0.3, -0.25) is 0 Å². The monoisotopic (exact) mass is 272 g/mol. The van der Waals surface area contributed by atoms with Crippen molar-refractivity contribution in [1.82, 2.24) is 0 Å². The summed E-state index contributed by atoms with van der Waals surface area (Å²) in [7, 11) is 0. The summed E-state index contributed by atoms with van der Waals surface area (Å²) in [6.45, 7) is 5.84. The normalized spacial score (nSPS) is 12.6. The van der Waals surface area contributed by atoms with Gasteiger partial charge in [-0.25, -0.2) is 0 Å². The summed E-state index contributed by atoms with van der Waals surface area (Å²) in [6, 6.07) is 0. The van der Waals surface area contributed by atoms with Gasteiger partial charge in [-0.2, -0.15) is 11.8 Å². The molecule has 108 valence electrons. The number of aliphatic hydroxyl groups is 1. The smallest absolute Gasteiger partial charge is 0.0808 e. The Morgan fingerprint density at radius 2 is 1.44 bits per heavy atom. The summed E-state index contributed by atoms with van der Waals surface area (Å²) in [5, 5.41) is 9.28. The quantitative estimate of drug-likeness (QED) is 0.347. The molecule has 0 aliphatic heterocycles. The van der Waals surface area contributed by atoms with Gasteiger partial charge in [0.1, 0.15) is 0 Å². The van der Waals surface area contributed by atoms with Crippen LogP contribution in [0.15, 0.2) is 12.7 Å². The molecule has 0 rings (SSSR count). The molecule has 1 unspecified atom stereocenters. The number of hydrogen-bond acceptors (Lipinski definition) is 2. The highest BCUT2D eigenvalue weighted by Crippen LogP contribution is 2.12. The van der Waals surface area contributed by atoms with Gasteiger partial charge in [-0.15, -0.1) is 6.58 Å². The Morgan fingerprint density at radius 1 is 0.944 bits per heavy atom. The Labute approximate surface area is 118 Å². The summed E-state index contributed by atoms with van der Waals surface area (Å²) >= 11 is 1.84. The van der Waals surface area contributed by atoms with Crippen molar-refractivity contribution in [1.29, 1.82) is 0 Å². The lowest BCUT2D eigenvalue weighted by molar-refractivity contribution is 0.249. The van der Waals surface area contributed by atoms with E-state index in [1.807, 2.05) is 11.8 Å². The van der Waals surface area contributed by atoms with Crippen LogP contribution >= 0.6 is 11.8 Å². The second kappa shape index (κ2) is 15.1. The van der Waals surface area contributed by atoms with Gasteiger partial charge in [0.25, 0.3) is 0 Å². The molecule has 0 spiro atoms. The van der Waals surface area contributed by atoms with Crippen LogP contribution in [-0.4, -0.2) is 22.7 Å². The minimum atomic E-state index is -0.321. The number of aliphatic hydroxyl groups excluding tert-OH is 1. The van der Waals surface area contributed by atoms with Crippen molar-refractivity contribution in [3.05, 3.63) is 12.7 Å². The Hall–Kier alpha value is 0.0500. The molecular formula is C16H32OS. The highest BCUT2D eigenvalue weighted by molar-refractivity contribution is 7.99. The molecule has 1 nitrogen and oxygen atoms in total. The zero-order chi connectivity index (χ0) is 13.5. The van der Waals surface area contributed by atoms with Crippen LogP contribution < -0.4 is 0 Å². The molecule has 1 N–H and O–H groups in total. The summed E-state index contributed by atoms with van der Waals surface area (Å²) in [6.07, 6.45) is 15.2. The van der Waals surface area contributed by atoms with Crippen LogP contribution in [0.4, 0.5) is 0 Å². The van der Waals surface area contributed by atoms with Crippen LogP contribution in [0.2, 0.25) is 0 Å². The molecule has 0 fully saturated rings. The Morgan fingerprint density at radius 3 is 1.94 bits per heavy atom.